The molecule has 2 aromatic heterocycles. The monoisotopic (exact) mass is 497 g/mol. The number of sulfonamides is 1. The minimum atomic E-state index is -3.72. The number of nitrogens with zero attached hydrogens (tertiary/aromatic N) is 3. The van der Waals surface area contributed by atoms with Crippen LogP contribution in [0.4, 0.5) is 0 Å². The number of hydrogen-bond donors (Lipinski definition) is 2. The number of rotatable bonds is 10. The molecule has 9 nitrogen and oxygen atoms in total. The summed E-state index contributed by atoms with van der Waals surface area (Å²) in [5, 5.41) is 17.1. The Morgan fingerprint density at radius 1 is 1.00 bits per heavy atom. The number of amides is 1. The van der Waals surface area contributed by atoms with E-state index in [0.717, 1.165) is 11.1 Å². The van der Waals surface area contributed by atoms with Crippen LogP contribution < -0.4 is 10.5 Å². The number of nitrogens with two attached hydrogens (primary N) is 1. The predicted molar refractivity (Wildman–Crippen MR) is 129 cm³/mol. The van der Waals surface area contributed by atoms with Gasteiger partial charge in [-0.25, -0.2) is 13.6 Å². The highest BCUT2D eigenvalue weighted by molar-refractivity contribution is 7.99. The van der Waals surface area contributed by atoms with Crippen LogP contribution in [0.25, 0.3) is 11.6 Å². The molecule has 0 radical (unpaired) electrons. The molecule has 0 bridgehead atoms. The Bertz CT molecular complexity index is 1340. The van der Waals surface area contributed by atoms with E-state index >= 15 is 0 Å². The molecule has 0 saturated carbocycles. The van der Waals surface area contributed by atoms with Crippen molar-refractivity contribution in [3.05, 3.63) is 84.1 Å². The molecular formula is C23H23N5O4S2. The van der Waals surface area contributed by atoms with Gasteiger partial charge < -0.3 is 9.73 Å². The van der Waals surface area contributed by atoms with Gasteiger partial charge in [0.05, 0.1) is 23.5 Å². The van der Waals surface area contributed by atoms with Gasteiger partial charge in [-0.1, -0.05) is 54.2 Å². The Labute approximate surface area is 201 Å². The molecule has 11 heteroatoms. The molecule has 0 aliphatic heterocycles. The van der Waals surface area contributed by atoms with Gasteiger partial charge in [0.1, 0.15) is 0 Å². The first kappa shape index (κ1) is 23.7. The maximum atomic E-state index is 12.4. The topological polar surface area (TPSA) is 133 Å². The Hall–Kier alpha value is -3.41. The number of carbonyl (C=O) groups is 1. The number of furan rings is 1. The van der Waals surface area contributed by atoms with Crippen LogP contribution in [-0.2, 0) is 27.8 Å². The lowest BCUT2D eigenvalue weighted by atomic mass is 10.1. The molecule has 4 aromatic rings. The van der Waals surface area contributed by atoms with Crippen LogP contribution in [0.1, 0.15) is 11.1 Å². The molecule has 176 valence electrons. The van der Waals surface area contributed by atoms with Crippen LogP contribution >= 0.6 is 11.8 Å². The second-order valence-corrected chi connectivity index (χ2v) is 9.94. The summed E-state index contributed by atoms with van der Waals surface area (Å²) in [5.74, 6) is 1.24. The van der Waals surface area contributed by atoms with E-state index in [0.29, 0.717) is 36.3 Å². The molecular weight excluding hydrogens is 474 g/mol. The molecule has 0 saturated heterocycles. The third-order valence-electron chi connectivity index (χ3n) is 4.96. The highest BCUT2D eigenvalue weighted by Crippen LogP contribution is 2.25. The Kier molecular flexibility index (Phi) is 7.46. The van der Waals surface area contributed by atoms with Crippen LogP contribution in [0.15, 0.2) is 87.5 Å². The molecule has 0 unspecified atom stereocenters. The fourth-order valence-corrected chi connectivity index (χ4v) is 4.55. The molecule has 0 aliphatic carbocycles. The van der Waals surface area contributed by atoms with E-state index in [1.165, 1.54) is 23.9 Å². The third-order valence-corrected chi connectivity index (χ3v) is 6.86. The number of benzene rings is 2. The zero-order valence-electron chi connectivity index (χ0n) is 18.1. The van der Waals surface area contributed by atoms with Crippen molar-refractivity contribution >= 4 is 27.7 Å². The average Bonchev–Trinajstić information content (AvgIpc) is 3.48. The van der Waals surface area contributed by atoms with Crippen LogP contribution in [0, 0.1) is 0 Å². The zero-order valence-corrected chi connectivity index (χ0v) is 19.8. The SMILES string of the molecule is NS(=O)(=O)c1ccc(CCNC(=O)CSc2nnc(-c3ccco3)n2Cc2ccccc2)cc1. The number of primary sulfonamides is 1. The molecule has 0 fully saturated rings. The van der Waals surface area contributed by atoms with Gasteiger partial charge in [-0.2, -0.15) is 0 Å². The van der Waals surface area contributed by atoms with Gasteiger partial charge in [-0.3, -0.25) is 9.36 Å². The fourth-order valence-electron chi connectivity index (χ4n) is 3.27. The van der Waals surface area contributed by atoms with Gasteiger partial charge >= 0.3 is 0 Å². The summed E-state index contributed by atoms with van der Waals surface area (Å²) in [7, 11) is -3.72. The molecule has 0 aliphatic rings. The summed E-state index contributed by atoms with van der Waals surface area (Å²) >= 11 is 1.30. The normalized spacial score (nSPS) is 11.4. The largest absolute Gasteiger partial charge is 0.461 e. The summed E-state index contributed by atoms with van der Waals surface area (Å²) in [4.78, 5) is 12.5. The van der Waals surface area contributed by atoms with E-state index in [1.807, 2.05) is 41.0 Å². The number of thioether (sulfide) groups is 1. The van der Waals surface area contributed by atoms with Gasteiger partial charge in [0.2, 0.25) is 21.8 Å². The van der Waals surface area contributed by atoms with Crippen molar-refractivity contribution in [3.63, 3.8) is 0 Å². The number of aromatic nitrogens is 3. The molecule has 4 rings (SSSR count). The van der Waals surface area contributed by atoms with Crippen molar-refractivity contribution in [3.8, 4) is 11.6 Å². The van der Waals surface area contributed by atoms with Gasteiger partial charge in [0, 0.05) is 6.54 Å². The summed E-state index contributed by atoms with van der Waals surface area (Å²) in [6.07, 6.45) is 2.15. The second-order valence-electron chi connectivity index (χ2n) is 7.43. The number of carbonyl (C=O) groups excluding carboxylic acids is 1. The smallest absolute Gasteiger partial charge is 0.238 e. The van der Waals surface area contributed by atoms with Crippen LogP contribution in [-0.4, -0.2) is 41.4 Å². The Balaban J connectivity index is 1.35. The van der Waals surface area contributed by atoms with E-state index in [1.54, 1.807) is 24.5 Å². The van der Waals surface area contributed by atoms with Crippen molar-refractivity contribution in [2.45, 2.75) is 23.0 Å². The maximum Gasteiger partial charge on any atom is 0.238 e. The van der Waals surface area contributed by atoms with Crippen LogP contribution in [0.5, 0.6) is 0 Å². The van der Waals surface area contributed by atoms with E-state index in [9.17, 15) is 13.2 Å². The minimum absolute atomic E-state index is 0.0604. The maximum absolute atomic E-state index is 12.4. The molecule has 1 amide bonds. The van der Waals surface area contributed by atoms with Gasteiger partial charge in [0.15, 0.2) is 10.9 Å². The highest BCUT2D eigenvalue weighted by Gasteiger charge is 2.18. The quantitative estimate of drug-likeness (QED) is 0.322. The highest BCUT2D eigenvalue weighted by atomic mass is 32.2. The first-order valence-electron chi connectivity index (χ1n) is 10.4. The second kappa shape index (κ2) is 10.7. The van der Waals surface area contributed by atoms with Crippen molar-refractivity contribution in [2.24, 2.45) is 5.14 Å². The van der Waals surface area contributed by atoms with Gasteiger partial charge in [-0.05, 0) is 41.8 Å². The molecule has 3 N–H and O–H groups in total. The summed E-state index contributed by atoms with van der Waals surface area (Å²) in [6.45, 7) is 0.963. The summed E-state index contributed by atoms with van der Waals surface area (Å²) < 4.78 is 30.1. The Morgan fingerprint density at radius 2 is 1.76 bits per heavy atom. The zero-order chi connectivity index (χ0) is 24.0. The molecule has 0 atom stereocenters. The molecule has 0 spiro atoms. The fraction of sp³-hybridized carbons (Fsp3) is 0.174. The number of nitrogens with one attached hydrogen (secondary N) is 1. The lowest BCUT2D eigenvalue weighted by Crippen LogP contribution is -2.27. The van der Waals surface area contributed by atoms with E-state index < -0.39 is 10.0 Å². The predicted octanol–water partition coefficient (Wildman–Crippen LogP) is 2.68. The lowest BCUT2D eigenvalue weighted by Gasteiger charge is -2.10. The van der Waals surface area contributed by atoms with E-state index in [4.69, 9.17) is 9.56 Å². The van der Waals surface area contributed by atoms with E-state index in [-0.39, 0.29) is 16.6 Å². The van der Waals surface area contributed by atoms with Crippen molar-refractivity contribution < 1.29 is 17.6 Å². The van der Waals surface area contributed by atoms with Crippen molar-refractivity contribution in [1.82, 2.24) is 20.1 Å². The molecule has 34 heavy (non-hydrogen) atoms. The van der Waals surface area contributed by atoms with Crippen LogP contribution in [0.3, 0.4) is 0 Å². The summed E-state index contributed by atoms with van der Waals surface area (Å²) in [6, 6.07) is 19.8. The average molecular weight is 498 g/mol. The van der Waals surface area contributed by atoms with Gasteiger partial charge in [-0.15, -0.1) is 10.2 Å². The molecule has 2 aromatic carbocycles. The lowest BCUT2D eigenvalue weighted by molar-refractivity contribution is -0.118. The first-order chi connectivity index (χ1) is 16.4. The van der Waals surface area contributed by atoms with E-state index in [2.05, 4.69) is 15.5 Å². The van der Waals surface area contributed by atoms with Crippen LogP contribution in [0.2, 0.25) is 0 Å². The standard InChI is InChI=1S/C23H23N5O4S2/c24-34(30,31)19-10-8-17(9-11-19)12-13-25-21(29)16-33-23-27-26-22(20-7-4-14-32-20)28(23)15-18-5-2-1-3-6-18/h1-11,14H,12-13,15-16H2,(H,25,29)(H2,24,30,31). The Morgan fingerprint density at radius 3 is 2.44 bits per heavy atom. The van der Waals surface area contributed by atoms with Gasteiger partial charge in [0.25, 0.3) is 0 Å². The van der Waals surface area contributed by atoms with Crippen molar-refractivity contribution in [2.75, 3.05) is 12.3 Å². The molecule has 2 heterocycles. The first-order valence-corrected chi connectivity index (χ1v) is 13.0. The third kappa shape index (κ3) is 6.13. The number of hydrogen-bond acceptors (Lipinski definition) is 7. The minimum Gasteiger partial charge on any atom is -0.461 e. The van der Waals surface area contributed by atoms with Crippen molar-refractivity contribution in [1.29, 1.82) is 0 Å². The summed E-state index contributed by atoms with van der Waals surface area (Å²) in [5.41, 5.74) is 1.97.